The Kier molecular flexibility index (Phi) is 5.45. The van der Waals surface area contributed by atoms with E-state index < -0.39 is 0 Å². The summed E-state index contributed by atoms with van der Waals surface area (Å²) in [5.41, 5.74) is 1.81. The first-order valence-corrected chi connectivity index (χ1v) is 6.89. The second-order valence-electron chi connectivity index (χ2n) is 4.71. The van der Waals surface area contributed by atoms with Gasteiger partial charge < -0.3 is 10.1 Å². The molecule has 0 saturated heterocycles. The molecule has 0 radical (unpaired) electrons. The van der Waals surface area contributed by atoms with Crippen LogP contribution in [0.15, 0.2) is 35.4 Å². The lowest BCUT2D eigenvalue weighted by molar-refractivity contribution is -0.136. The second kappa shape index (κ2) is 7.54. The summed E-state index contributed by atoms with van der Waals surface area (Å²) in [5.74, 6) is -0.366. The molecule has 1 aromatic rings. The lowest BCUT2D eigenvalue weighted by Crippen LogP contribution is -2.41. The molecule has 0 saturated carbocycles. The van der Waals surface area contributed by atoms with Crippen LogP contribution in [-0.4, -0.2) is 49.3 Å². The summed E-state index contributed by atoms with van der Waals surface area (Å²) in [4.78, 5) is 23.6. The minimum Gasteiger partial charge on any atom is -0.383 e. The van der Waals surface area contributed by atoms with E-state index in [2.05, 4.69) is 10.4 Å². The van der Waals surface area contributed by atoms with Crippen LogP contribution < -0.4 is 5.32 Å². The van der Waals surface area contributed by atoms with Crippen LogP contribution in [-0.2, 0) is 14.3 Å². The second-order valence-corrected chi connectivity index (χ2v) is 4.71. The molecule has 0 unspecified atom stereocenters. The van der Waals surface area contributed by atoms with Gasteiger partial charge in [-0.15, -0.1) is 0 Å². The van der Waals surface area contributed by atoms with Gasteiger partial charge in [-0.1, -0.05) is 30.3 Å². The number of rotatable bonds is 6. The molecule has 1 heterocycles. The number of nitrogens with one attached hydrogen (secondary N) is 1. The fraction of sp³-hybridized carbons (Fsp3) is 0.400. The molecular formula is C15H19N3O3. The SMILES string of the molecule is COCCNC(=O)CN1N=C(c2ccccc2)CCC1=O. The summed E-state index contributed by atoms with van der Waals surface area (Å²) in [7, 11) is 1.57. The Balaban J connectivity index is 2.00. The van der Waals surface area contributed by atoms with Crippen LogP contribution in [0.2, 0.25) is 0 Å². The van der Waals surface area contributed by atoms with E-state index in [4.69, 9.17) is 4.74 Å². The zero-order valence-electron chi connectivity index (χ0n) is 12.0. The summed E-state index contributed by atoms with van der Waals surface area (Å²) < 4.78 is 4.86. The fourth-order valence-corrected chi connectivity index (χ4v) is 2.05. The molecule has 1 N–H and O–H groups in total. The summed E-state index contributed by atoms with van der Waals surface area (Å²) in [6.45, 7) is 0.809. The van der Waals surface area contributed by atoms with Gasteiger partial charge in [0.25, 0.3) is 0 Å². The first-order valence-electron chi connectivity index (χ1n) is 6.89. The molecule has 112 valence electrons. The summed E-state index contributed by atoms with van der Waals surface area (Å²) in [6, 6.07) is 9.68. The quantitative estimate of drug-likeness (QED) is 0.787. The topological polar surface area (TPSA) is 71.0 Å². The van der Waals surface area contributed by atoms with E-state index in [-0.39, 0.29) is 18.4 Å². The van der Waals surface area contributed by atoms with E-state index in [9.17, 15) is 9.59 Å². The number of hydrazone groups is 1. The van der Waals surface area contributed by atoms with E-state index in [0.29, 0.717) is 26.0 Å². The smallest absolute Gasteiger partial charge is 0.243 e. The van der Waals surface area contributed by atoms with E-state index in [1.807, 2.05) is 30.3 Å². The van der Waals surface area contributed by atoms with Gasteiger partial charge in [-0.05, 0) is 5.56 Å². The summed E-state index contributed by atoms with van der Waals surface area (Å²) in [6.07, 6.45) is 0.976. The standard InChI is InChI=1S/C15H19N3O3/c1-21-10-9-16-14(19)11-18-15(20)8-7-13(17-18)12-5-3-2-4-6-12/h2-6H,7-11H2,1H3,(H,16,19). The van der Waals surface area contributed by atoms with Crippen molar-refractivity contribution in [2.24, 2.45) is 5.10 Å². The summed E-state index contributed by atoms with van der Waals surface area (Å²) in [5, 5.41) is 8.23. The van der Waals surface area contributed by atoms with Gasteiger partial charge in [0.1, 0.15) is 6.54 Å². The van der Waals surface area contributed by atoms with Crippen molar-refractivity contribution >= 4 is 17.5 Å². The molecular weight excluding hydrogens is 270 g/mol. The molecule has 0 aromatic heterocycles. The van der Waals surface area contributed by atoms with Gasteiger partial charge in [0.05, 0.1) is 12.3 Å². The van der Waals surface area contributed by atoms with Crippen LogP contribution in [0.4, 0.5) is 0 Å². The molecule has 0 fully saturated rings. The number of methoxy groups -OCH3 is 1. The minimum atomic E-state index is -0.238. The zero-order chi connectivity index (χ0) is 15.1. The van der Waals surface area contributed by atoms with Crippen molar-refractivity contribution in [3.05, 3.63) is 35.9 Å². The molecule has 0 spiro atoms. The Labute approximate surface area is 123 Å². The van der Waals surface area contributed by atoms with Crippen LogP contribution in [0.5, 0.6) is 0 Å². The zero-order valence-corrected chi connectivity index (χ0v) is 12.0. The Morgan fingerprint density at radius 2 is 2.10 bits per heavy atom. The highest BCUT2D eigenvalue weighted by molar-refractivity contribution is 6.04. The Morgan fingerprint density at radius 1 is 1.33 bits per heavy atom. The van der Waals surface area contributed by atoms with Gasteiger partial charge >= 0.3 is 0 Å². The molecule has 0 atom stereocenters. The van der Waals surface area contributed by atoms with Crippen LogP contribution in [0.3, 0.4) is 0 Å². The van der Waals surface area contributed by atoms with E-state index in [1.54, 1.807) is 7.11 Å². The number of nitrogens with zero attached hydrogens (tertiary/aromatic N) is 2. The van der Waals surface area contributed by atoms with Gasteiger partial charge in [-0.25, -0.2) is 5.01 Å². The van der Waals surface area contributed by atoms with E-state index >= 15 is 0 Å². The largest absolute Gasteiger partial charge is 0.383 e. The third-order valence-corrected chi connectivity index (χ3v) is 3.13. The first kappa shape index (κ1) is 15.2. The molecule has 21 heavy (non-hydrogen) atoms. The average Bonchev–Trinajstić information content (AvgIpc) is 2.51. The lowest BCUT2D eigenvalue weighted by atomic mass is 10.0. The van der Waals surface area contributed by atoms with Crippen molar-refractivity contribution in [3.8, 4) is 0 Å². The monoisotopic (exact) mass is 289 g/mol. The lowest BCUT2D eigenvalue weighted by Gasteiger charge is -2.23. The van der Waals surface area contributed by atoms with Crippen molar-refractivity contribution in [1.82, 2.24) is 10.3 Å². The van der Waals surface area contributed by atoms with Crippen molar-refractivity contribution in [1.29, 1.82) is 0 Å². The maximum atomic E-state index is 11.9. The van der Waals surface area contributed by atoms with Gasteiger partial charge in [0, 0.05) is 26.5 Å². The van der Waals surface area contributed by atoms with Gasteiger partial charge in [0.2, 0.25) is 11.8 Å². The number of amides is 2. The molecule has 6 nitrogen and oxygen atoms in total. The molecule has 1 aliphatic heterocycles. The Morgan fingerprint density at radius 3 is 2.81 bits per heavy atom. The molecule has 6 heteroatoms. The molecule has 0 bridgehead atoms. The fourth-order valence-electron chi connectivity index (χ4n) is 2.05. The highest BCUT2D eigenvalue weighted by Gasteiger charge is 2.23. The maximum Gasteiger partial charge on any atom is 0.243 e. The number of benzene rings is 1. The molecule has 1 aliphatic rings. The average molecular weight is 289 g/mol. The number of ether oxygens (including phenoxy) is 1. The first-order chi connectivity index (χ1) is 10.2. The van der Waals surface area contributed by atoms with E-state index in [1.165, 1.54) is 5.01 Å². The Bertz CT molecular complexity index is 528. The maximum absolute atomic E-state index is 11.9. The van der Waals surface area contributed by atoms with Gasteiger partial charge in [0.15, 0.2) is 0 Å². The number of hydrogen-bond acceptors (Lipinski definition) is 4. The summed E-state index contributed by atoms with van der Waals surface area (Å²) >= 11 is 0. The minimum absolute atomic E-state index is 0.0567. The van der Waals surface area contributed by atoms with E-state index in [0.717, 1.165) is 11.3 Å². The number of carbonyl (C=O) groups is 2. The molecule has 0 aliphatic carbocycles. The highest BCUT2D eigenvalue weighted by Crippen LogP contribution is 2.14. The normalized spacial score (nSPS) is 14.8. The Hall–Kier alpha value is -2.21. The van der Waals surface area contributed by atoms with Gasteiger partial charge in [-0.2, -0.15) is 5.10 Å². The third kappa shape index (κ3) is 4.39. The van der Waals surface area contributed by atoms with Crippen molar-refractivity contribution in [2.75, 3.05) is 26.8 Å². The number of hydrogen-bond donors (Lipinski definition) is 1. The van der Waals surface area contributed by atoms with Crippen molar-refractivity contribution in [2.45, 2.75) is 12.8 Å². The van der Waals surface area contributed by atoms with Crippen LogP contribution in [0.1, 0.15) is 18.4 Å². The molecule has 2 amide bonds. The molecule has 1 aromatic carbocycles. The van der Waals surface area contributed by atoms with Crippen LogP contribution >= 0.6 is 0 Å². The highest BCUT2D eigenvalue weighted by atomic mass is 16.5. The molecule has 2 rings (SSSR count). The third-order valence-electron chi connectivity index (χ3n) is 3.13. The van der Waals surface area contributed by atoms with Crippen LogP contribution in [0, 0.1) is 0 Å². The predicted molar refractivity (Wildman–Crippen MR) is 78.8 cm³/mol. The van der Waals surface area contributed by atoms with Crippen molar-refractivity contribution in [3.63, 3.8) is 0 Å². The number of carbonyl (C=O) groups excluding carboxylic acids is 2. The van der Waals surface area contributed by atoms with Gasteiger partial charge in [-0.3, -0.25) is 9.59 Å². The van der Waals surface area contributed by atoms with Crippen LogP contribution in [0.25, 0.3) is 0 Å². The predicted octanol–water partition coefficient (Wildman–Crippen LogP) is 0.776. The van der Waals surface area contributed by atoms with Crippen molar-refractivity contribution < 1.29 is 14.3 Å².